The van der Waals surface area contributed by atoms with Crippen molar-refractivity contribution in [3.8, 4) is 11.3 Å². The van der Waals surface area contributed by atoms with Gasteiger partial charge in [-0.2, -0.15) is 0 Å². The molecule has 0 spiro atoms. The lowest BCUT2D eigenvalue weighted by Gasteiger charge is -2.04. The summed E-state index contributed by atoms with van der Waals surface area (Å²) < 4.78 is 1.99. The van der Waals surface area contributed by atoms with Gasteiger partial charge in [-0.3, -0.25) is 14.0 Å². The van der Waals surface area contributed by atoms with Crippen LogP contribution in [0.1, 0.15) is 28.8 Å². The molecular weight excluding hydrogens is 408 g/mol. The quantitative estimate of drug-likeness (QED) is 0.441. The molecule has 2 aromatic carbocycles. The van der Waals surface area contributed by atoms with Crippen molar-refractivity contribution in [1.29, 1.82) is 0 Å². The van der Waals surface area contributed by atoms with Crippen LogP contribution in [-0.2, 0) is 4.79 Å². The fraction of sp³-hybridized carbons (Fsp3) is 0.125. The molecule has 4 aromatic rings. The smallest absolute Gasteiger partial charge is 0.251 e. The summed E-state index contributed by atoms with van der Waals surface area (Å²) in [6, 6.07) is 15.1. The Labute approximate surface area is 183 Å². The van der Waals surface area contributed by atoms with Crippen molar-refractivity contribution < 1.29 is 9.59 Å². The lowest BCUT2D eigenvalue weighted by molar-refractivity contribution is -0.111. The Morgan fingerprint density at radius 3 is 2.55 bits per heavy atom. The number of fused-ring (bicyclic) bond motifs is 1. The molecule has 0 bridgehead atoms. The number of imidazole rings is 1. The third-order valence-electron chi connectivity index (χ3n) is 5.05. The van der Waals surface area contributed by atoms with Gasteiger partial charge >= 0.3 is 0 Å². The van der Waals surface area contributed by atoms with E-state index >= 15 is 0 Å². The van der Waals surface area contributed by atoms with Crippen molar-refractivity contribution in [1.82, 2.24) is 14.7 Å². The van der Waals surface area contributed by atoms with Gasteiger partial charge in [0.1, 0.15) is 0 Å². The number of benzene rings is 2. The van der Waals surface area contributed by atoms with E-state index in [0.717, 1.165) is 34.6 Å². The molecule has 0 atom stereocenters. The van der Waals surface area contributed by atoms with Crippen LogP contribution in [-0.4, -0.2) is 27.2 Å². The number of rotatable bonds is 6. The number of thiazole rings is 1. The zero-order valence-electron chi connectivity index (χ0n) is 16.6. The second kappa shape index (κ2) is 8.20. The summed E-state index contributed by atoms with van der Waals surface area (Å²) >= 11 is 1.59. The van der Waals surface area contributed by atoms with Gasteiger partial charge in [0, 0.05) is 46.7 Å². The largest absolute Gasteiger partial charge is 0.349 e. The summed E-state index contributed by atoms with van der Waals surface area (Å²) in [7, 11) is 0. The topological polar surface area (TPSA) is 75.5 Å². The third kappa shape index (κ3) is 4.57. The van der Waals surface area contributed by atoms with Gasteiger partial charge in [-0.1, -0.05) is 24.3 Å². The van der Waals surface area contributed by atoms with Crippen LogP contribution in [0.25, 0.3) is 22.3 Å². The maximum Gasteiger partial charge on any atom is 0.251 e. The number of nitrogens with one attached hydrogen (secondary N) is 2. The summed E-state index contributed by atoms with van der Waals surface area (Å²) in [5, 5.41) is 7.82. The highest BCUT2D eigenvalue weighted by molar-refractivity contribution is 7.15. The maximum absolute atomic E-state index is 12.3. The van der Waals surface area contributed by atoms with Crippen LogP contribution >= 0.6 is 11.3 Å². The first-order valence-electron chi connectivity index (χ1n) is 10.1. The number of carbonyl (C=O) groups excluding carboxylic acids is 2. The lowest BCUT2D eigenvalue weighted by Crippen LogP contribution is -2.25. The first-order chi connectivity index (χ1) is 15.1. The number of hydrogen-bond donors (Lipinski definition) is 2. The molecule has 2 aromatic heterocycles. The van der Waals surface area contributed by atoms with Gasteiger partial charge in [0.2, 0.25) is 5.91 Å². The predicted molar refractivity (Wildman–Crippen MR) is 123 cm³/mol. The highest BCUT2D eigenvalue weighted by atomic mass is 32.1. The Hall–Kier alpha value is -3.71. The number of nitrogens with zero attached hydrogens (tertiary/aromatic N) is 2. The molecule has 0 radical (unpaired) electrons. The van der Waals surface area contributed by atoms with Crippen LogP contribution in [0.2, 0.25) is 0 Å². The van der Waals surface area contributed by atoms with Crippen LogP contribution in [0.15, 0.2) is 72.4 Å². The zero-order valence-corrected chi connectivity index (χ0v) is 17.4. The van der Waals surface area contributed by atoms with E-state index in [1.165, 1.54) is 6.08 Å². The van der Waals surface area contributed by atoms with E-state index in [2.05, 4.69) is 15.6 Å². The minimum absolute atomic E-state index is 0.0467. The molecular formula is C24H20N4O2S. The fourth-order valence-corrected chi connectivity index (χ4v) is 3.89. The van der Waals surface area contributed by atoms with Crippen LogP contribution in [0, 0.1) is 0 Å². The molecule has 5 rings (SSSR count). The van der Waals surface area contributed by atoms with Gasteiger partial charge in [0.05, 0.1) is 5.69 Å². The SMILES string of the molecule is O=C(/C=C/c1ccc(C(=O)NC2CC2)cc1)Nc1ccc(-c2cn3ccsc3n2)cc1. The second-order valence-electron chi connectivity index (χ2n) is 7.49. The van der Waals surface area contributed by atoms with E-state index in [1.54, 1.807) is 29.5 Å². The molecule has 1 aliphatic rings. The first-order valence-corrected chi connectivity index (χ1v) is 10.9. The molecule has 0 saturated heterocycles. The molecule has 2 amide bonds. The minimum atomic E-state index is -0.217. The Morgan fingerprint density at radius 2 is 1.84 bits per heavy atom. The Morgan fingerprint density at radius 1 is 1.06 bits per heavy atom. The van der Waals surface area contributed by atoms with Crippen molar-refractivity contribution in [2.45, 2.75) is 18.9 Å². The monoisotopic (exact) mass is 428 g/mol. The van der Waals surface area contributed by atoms with Crippen molar-refractivity contribution in [3.63, 3.8) is 0 Å². The van der Waals surface area contributed by atoms with Crippen molar-refractivity contribution in [3.05, 3.63) is 83.5 Å². The summed E-state index contributed by atoms with van der Waals surface area (Å²) in [5.74, 6) is -0.264. The highest BCUT2D eigenvalue weighted by Gasteiger charge is 2.23. The van der Waals surface area contributed by atoms with Crippen molar-refractivity contribution in [2.75, 3.05) is 5.32 Å². The predicted octanol–water partition coefficient (Wildman–Crippen LogP) is 4.61. The van der Waals surface area contributed by atoms with Crippen molar-refractivity contribution >= 4 is 39.9 Å². The molecule has 1 aliphatic carbocycles. The number of aromatic nitrogens is 2. The van der Waals surface area contributed by atoms with E-state index in [9.17, 15) is 9.59 Å². The van der Waals surface area contributed by atoms with Crippen LogP contribution in [0.5, 0.6) is 0 Å². The number of anilines is 1. The molecule has 1 saturated carbocycles. The van der Waals surface area contributed by atoms with E-state index in [1.807, 2.05) is 58.6 Å². The van der Waals surface area contributed by atoms with Crippen molar-refractivity contribution in [2.24, 2.45) is 0 Å². The highest BCUT2D eigenvalue weighted by Crippen LogP contribution is 2.23. The summed E-state index contributed by atoms with van der Waals surface area (Å²) in [4.78, 5) is 29.8. The average molecular weight is 429 g/mol. The first kappa shape index (κ1) is 19.3. The van der Waals surface area contributed by atoms with Crippen LogP contribution in [0.3, 0.4) is 0 Å². The van der Waals surface area contributed by atoms with E-state index in [0.29, 0.717) is 17.3 Å². The lowest BCUT2D eigenvalue weighted by atomic mass is 10.1. The standard InChI is InChI=1S/C24H20N4O2S/c29-22(12-3-16-1-4-18(5-2-16)23(30)26-20-10-11-20)25-19-8-6-17(7-9-19)21-15-28-13-14-31-24(28)27-21/h1-9,12-15,20H,10-11H2,(H,25,29)(H,26,30)/b12-3+. The summed E-state index contributed by atoms with van der Waals surface area (Å²) in [6.45, 7) is 0. The number of carbonyl (C=O) groups is 2. The van der Waals surface area contributed by atoms with E-state index in [4.69, 9.17) is 0 Å². The van der Waals surface area contributed by atoms with E-state index < -0.39 is 0 Å². The number of hydrogen-bond acceptors (Lipinski definition) is 4. The van der Waals surface area contributed by atoms with Gasteiger partial charge in [-0.25, -0.2) is 4.98 Å². The van der Waals surface area contributed by atoms with Gasteiger partial charge in [0.25, 0.3) is 5.91 Å². The molecule has 7 heteroatoms. The fourth-order valence-electron chi connectivity index (χ4n) is 3.19. The number of amides is 2. The van der Waals surface area contributed by atoms with Gasteiger partial charge in [-0.15, -0.1) is 11.3 Å². The van der Waals surface area contributed by atoms with Crippen LogP contribution in [0.4, 0.5) is 5.69 Å². The zero-order chi connectivity index (χ0) is 21.2. The van der Waals surface area contributed by atoms with Gasteiger partial charge in [0.15, 0.2) is 4.96 Å². The maximum atomic E-state index is 12.3. The normalized spacial score (nSPS) is 13.5. The summed E-state index contributed by atoms with van der Waals surface area (Å²) in [5.41, 5.74) is 4.10. The molecule has 0 unspecified atom stereocenters. The van der Waals surface area contributed by atoms with Gasteiger partial charge < -0.3 is 10.6 Å². The summed E-state index contributed by atoms with van der Waals surface area (Å²) in [6.07, 6.45) is 9.30. The minimum Gasteiger partial charge on any atom is -0.349 e. The molecule has 0 aliphatic heterocycles. The molecule has 154 valence electrons. The van der Waals surface area contributed by atoms with Crippen LogP contribution < -0.4 is 10.6 Å². The van der Waals surface area contributed by atoms with Gasteiger partial charge in [-0.05, 0) is 48.7 Å². The molecule has 6 nitrogen and oxygen atoms in total. The molecule has 2 heterocycles. The molecule has 31 heavy (non-hydrogen) atoms. The molecule has 2 N–H and O–H groups in total. The Balaban J connectivity index is 1.18. The van der Waals surface area contributed by atoms with E-state index in [-0.39, 0.29) is 11.8 Å². The Bertz CT molecular complexity index is 1240. The Kier molecular flexibility index (Phi) is 5.09. The second-order valence-corrected chi connectivity index (χ2v) is 8.36. The third-order valence-corrected chi connectivity index (χ3v) is 5.82. The molecule has 1 fully saturated rings. The average Bonchev–Trinajstić information content (AvgIpc) is 3.33.